The standard InChI is InChI=1S/C19H15ClN4O3S/c1-12-9-16(13-5-3-2-4-6-13)23-19(21-12)28-11-18(25)22-14-7-8-15(20)17(10-14)24(26)27/h2-10H,11H2,1H3,(H,22,25). The summed E-state index contributed by atoms with van der Waals surface area (Å²) in [5.41, 5.74) is 2.58. The van der Waals surface area contributed by atoms with Crippen LogP contribution in [0, 0.1) is 17.0 Å². The Balaban J connectivity index is 1.67. The molecule has 0 spiro atoms. The minimum absolute atomic E-state index is 0.0129. The SMILES string of the molecule is Cc1cc(-c2ccccc2)nc(SCC(=O)Nc2ccc(Cl)c([N+](=O)[O-])c2)n1. The fourth-order valence-corrected chi connectivity index (χ4v) is 3.31. The third-order valence-electron chi connectivity index (χ3n) is 3.66. The largest absolute Gasteiger partial charge is 0.325 e. The summed E-state index contributed by atoms with van der Waals surface area (Å²) in [5, 5.41) is 14.1. The zero-order valence-electron chi connectivity index (χ0n) is 14.8. The van der Waals surface area contributed by atoms with Crippen LogP contribution in [0.2, 0.25) is 5.02 Å². The van der Waals surface area contributed by atoms with Gasteiger partial charge in [0.15, 0.2) is 5.16 Å². The molecule has 0 fully saturated rings. The summed E-state index contributed by atoms with van der Waals surface area (Å²) in [4.78, 5) is 31.4. The van der Waals surface area contributed by atoms with E-state index < -0.39 is 4.92 Å². The molecule has 0 atom stereocenters. The number of carbonyl (C=O) groups excluding carboxylic acids is 1. The Morgan fingerprint density at radius 3 is 2.64 bits per heavy atom. The smallest absolute Gasteiger partial charge is 0.289 e. The second-order valence-electron chi connectivity index (χ2n) is 5.80. The Morgan fingerprint density at radius 2 is 1.93 bits per heavy atom. The predicted molar refractivity (Wildman–Crippen MR) is 110 cm³/mol. The first kappa shape index (κ1) is 19.8. The molecule has 9 heteroatoms. The number of aryl methyl sites for hydroxylation is 1. The van der Waals surface area contributed by atoms with Crippen LogP contribution < -0.4 is 5.32 Å². The van der Waals surface area contributed by atoms with Crippen molar-refractivity contribution >= 4 is 40.6 Å². The number of anilines is 1. The van der Waals surface area contributed by atoms with Crippen LogP contribution in [0.25, 0.3) is 11.3 Å². The van der Waals surface area contributed by atoms with Crippen LogP contribution in [0.4, 0.5) is 11.4 Å². The summed E-state index contributed by atoms with van der Waals surface area (Å²) in [7, 11) is 0. The van der Waals surface area contributed by atoms with Gasteiger partial charge in [-0.1, -0.05) is 53.7 Å². The predicted octanol–water partition coefficient (Wildman–Crippen LogP) is 4.74. The van der Waals surface area contributed by atoms with Gasteiger partial charge < -0.3 is 5.32 Å². The first-order valence-corrected chi connectivity index (χ1v) is 9.56. The molecule has 0 bridgehead atoms. The molecule has 1 heterocycles. The van der Waals surface area contributed by atoms with Crippen molar-refractivity contribution < 1.29 is 9.72 Å². The minimum Gasteiger partial charge on any atom is -0.325 e. The number of hydrogen-bond donors (Lipinski definition) is 1. The van der Waals surface area contributed by atoms with Gasteiger partial charge in [0, 0.05) is 23.0 Å². The number of nitrogens with zero attached hydrogens (tertiary/aromatic N) is 3. The second-order valence-corrected chi connectivity index (χ2v) is 7.15. The van der Waals surface area contributed by atoms with Crippen molar-refractivity contribution in [2.24, 2.45) is 0 Å². The first-order valence-electron chi connectivity index (χ1n) is 8.20. The number of nitro groups is 1. The molecule has 0 aliphatic carbocycles. The average Bonchev–Trinajstić information content (AvgIpc) is 2.68. The Bertz CT molecular complexity index is 1030. The molecule has 3 rings (SSSR count). The monoisotopic (exact) mass is 414 g/mol. The molecule has 3 aromatic rings. The van der Waals surface area contributed by atoms with Crippen molar-refractivity contribution in [1.29, 1.82) is 0 Å². The molecule has 1 N–H and O–H groups in total. The minimum atomic E-state index is -0.599. The van der Waals surface area contributed by atoms with Gasteiger partial charge in [-0.2, -0.15) is 0 Å². The normalized spacial score (nSPS) is 10.5. The highest BCUT2D eigenvalue weighted by Gasteiger charge is 2.14. The molecule has 28 heavy (non-hydrogen) atoms. The molecule has 7 nitrogen and oxygen atoms in total. The maximum absolute atomic E-state index is 12.2. The summed E-state index contributed by atoms with van der Waals surface area (Å²) < 4.78 is 0. The van der Waals surface area contributed by atoms with Crippen molar-refractivity contribution in [1.82, 2.24) is 9.97 Å². The van der Waals surface area contributed by atoms with Gasteiger partial charge in [-0.15, -0.1) is 0 Å². The maximum Gasteiger partial charge on any atom is 0.289 e. The molecule has 1 amide bonds. The lowest BCUT2D eigenvalue weighted by molar-refractivity contribution is -0.384. The lowest BCUT2D eigenvalue weighted by Crippen LogP contribution is -2.14. The van der Waals surface area contributed by atoms with Crippen LogP contribution in [0.3, 0.4) is 0 Å². The number of benzene rings is 2. The van der Waals surface area contributed by atoms with E-state index in [2.05, 4.69) is 15.3 Å². The Hall–Kier alpha value is -2.97. The van der Waals surface area contributed by atoms with Crippen LogP contribution in [0.1, 0.15) is 5.69 Å². The molecular formula is C19H15ClN4O3S. The van der Waals surface area contributed by atoms with E-state index in [0.29, 0.717) is 10.8 Å². The topological polar surface area (TPSA) is 98.0 Å². The third kappa shape index (κ3) is 5.05. The third-order valence-corrected chi connectivity index (χ3v) is 4.83. The number of halogens is 1. The van der Waals surface area contributed by atoms with Crippen LogP contribution in [0.15, 0.2) is 59.8 Å². The Labute approximate surface area is 170 Å². The first-order chi connectivity index (χ1) is 13.4. The summed E-state index contributed by atoms with van der Waals surface area (Å²) in [6.45, 7) is 1.87. The van der Waals surface area contributed by atoms with Crippen LogP contribution in [0.5, 0.6) is 0 Å². The summed E-state index contributed by atoms with van der Waals surface area (Å²) in [6, 6.07) is 15.7. The van der Waals surface area contributed by atoms with Gasteiger partial charge in [0.05, 0.1) is 16.4 Å². The van der Waals surface area contributed by atoms with Crippen LogP contribution in [-0.2, 0) is 4.79 Å². The maximum atomic E-state index is 12.2. The van der Waals surface area contributed by atoms with Gasteiger partial charge in [-0.3, -0.25) is 14.9 Å². The van der Waals surface area contributed by atoms with Crippen LogP contribution in [-0.4, -0.2) is 26.6 Å². The van der Waals surface area contributed by atoms with E-state index in [1.54, 1.807) is 0 Å². The van der Waals surface area contributed by atoms with E-state index in [4.69, 9.17) is 11.6 Å². The number of hydrogen-bond acceptors (Lipinski definition) is 6. The number of thioether (sulfide) groups is 1. The Kier molecular flexibility index (Phi) is 6.23. The van der Waals surface area contributed by atoms with Gasteiger partial charge in [-0.05, 0) is 25.1 Å². The average molecular weight is 415 g/mol. The zero-order chi connectivity index (χ0) is 20.1. The summed E-state index contributed by atoms with van der Waals surface area (Å²) >= 11 is 6.96. The highest BCUT2D eigenvalue weighted by molar-refractivity contribution is 7.99. The fourth-order valence-electron chi connectivity index (χ4n) is 2.42. The highest BCUT2D eigenvalue weighted by Crippen LogP contribution is 2.27. The van der Waals surface area contributed by atoms with E-state index in [0.717, 1.165) is 17.0 Å². The molecule has 0 aliphatic heterocycles. The number of nitrogens with one attached hydrogen (secondary N) is 1. The van der Waals surface area contributed by atoms with E-state index in [9.17, 15) is 14.9 Å². The van der Waals surface area contributed by atoms with Crippen molar-refractivity contribution in [3.63, 3.8) is 0 Å². The highest BCUT2D eigenvalue weighted by atomic mass is 35.5. The molecule has 0 saturated carbocycles. The molecule has 0 unspecified atom stereocenters. The molecule has 142 valence electrons. The number of aromatic nitrogens is 2. The quantitative estimate of drug-likeness (QED) is 0.270. The van der Waals surface area contributed by atoms with Crippen molar-refractivity contribution in [3.05, 3.63) is 75.4 Å². The molecule has 0 saturated heterocycles. The van der Waals surface area contributed by atoms with Crippen molar-refractivity contribution in [2.45, 2.75) is 12.1 Å². The molecule has 1 aromatic heterocycles. The van der Waals surface area contributed by atoms with Gasteiger partial charge >= 0.3 is 0 Å². The van der Waals surface area contributed by atoms with Gasteiger partial charge in [0.25, 0.3) is 5.69 Å². The zero-order valence-corrected chi connectivity index (χ0v) is 16.3. The van der Waals surface area contributed by atoms with Crippen molar-refractivity contribution in [2.75, 3.05) is 11.1 Å². The molecular weight excluding hydrogens is 400 g/mol. The van der Waals surface area contributed by atoms with E-state index in [1.807, 2.05) is 43.3 Å². The van der Waals surface area contributed by atoms with Crippen LogP contribution >= 0.6 is 23.4 Å². The molecule has 2 aromatic carbocycles. The number of amides is 1. The lowest BCUT2D eigenvalue weighted by Gasteiger charge is -2.07. The lowest BCUT2D eigenvalue weighted by atomic mass is 10.1. The molecule has 0 radical (unpaired) electrons. The van der Waals surface area contributed by atoms with Gasteiger partial charge in [-0.25, -0.2) is 9.97 Å². The van der Waals surface area contributed by atoms with Gasteiger partial charge in [0.1, 0.15) is 5.02 Å². The number of carbonyl (C=O) groups is 1. The summed E-state index contributed by atoms with van der Waals surface area (Å²) in [5.74, 6) is -0.262. The molecule has 0 aliphatic rings. The second kappa shape index (κ2) is 8.81. The number of nitro benzene ring substituents is 1. The summed E-state index contributed by atoms with van der Waals surface area (Å²) in [6.07, 6.45) is 0. The Morgan fingerprint density at radius 1 is 1.18 bits per heavy atom. The van der Waals surface area contributed by atoms with E-state index >= 15 is 0 Å². The number of rotatable bonds is 6. The van der Waals surface area contributed by atoms with Gasteiger partial charge in [0.2, 0.25) is 5.91 Å². The van der Waals surface area contributed by atoms with E-state index in [-0.39, 0.29) is 22.4 Å². The van der Waals surface area contributed by atoms with E-state index in [1.165, 1.54) is 30.0 Å². The fraction of sp³-hybridized carbons (Fsp3) is 0.105. The van der Waals surface area contributed by atoms with Crippen molar-refractivity contribution in [3.8, 4) is 11.3 Å².